The maximum atomic E-state index is 14.6. The molecule has 0 saturated heterocycles. The molecule has 0 bridgehead atoms. The molecule has 0 heterocycles. The maximum absolute atomic E-state index is 14.6. The molecule has 0 aliphatic rings. The fourth-order valence-corrected chi connectivity index (χ4v) is 6.60. The van der Waals surface area contributed by atoms with E-state index in [1.54, 1.807) is 55.6 Å². The molecule has 0 saturated carbocycles. The molecule has 0 spiro atoms. The van der Waals surface area contributed by atoms with E-state index < -0.39 is 28.5 Å². The molecule has 10 heteroatoms. The summed E-state index contributed by atoms with van der Waals surface area (Å²) >= 11 is 3.41. The van der Waals surface area contributed by atoms with Crippen molar-refractivity contribution in [3.8, 4) is 5.75 Å². The quantitative estimate of drug-likeness (QED) is 0.164. The van der Waals surface area contributed by atoms with Crippen LogP contribution in [0.5, 0.6) is 5.75 Å². The first-order valence-electron chi connectivity index (χ1n) is 15.1. The lowest BCUT2D eigenvalue weighted by atomic mass is 10.0. The van der Waals surface area contributed by atoms with Crippen molar-refractivity contribution < 1.29 is 22.7 Å². The number of sulfonamides is 1. The lowest BCUT2D eigenvalue weighted by Gasteiger charge is -2.34. The van der Waals surface area contributed by atoms with Crippen LogP contribution in [0.25, 0.3) is 0 Å². The number of rotatable bonds is 14. The van der Waals surface area contributed by atoms with Crippen molar-refractivity contribution >= 4 is 43.5 Å². The summed E-state index contributed by atoms with van der Waals surface area (Å²) in [6.45, 7) is 5.83. The number of benzene rings is 4. The minimum absolute atomic E-state index is 0.0569. The van der Waals surface area contributed by atoms with E-state index in [9.17, 15) is 18.0 Å². The predicted octanol–water partition coefficient (Wildman–Crippen LogP) is 6.37. The normalized spacial score (nSPS) is 12.0. The smallest absolute Gasteiger partial charge is 0.264 e. The first kappa shape index (κ1) is 34.7. The largest absolute Gasteiger partial charge is 0.497 e. The monoisotopic (exact) mass is 705 g/mol. The molecule has 0 aliphatic carbocycles. The number of methoxy groups -OCH3 is 1. The number of ether oxygens (including phenoxy) is 1. The molecular formula is C36H40BrN3O5S. The van der Waals surface area contributed by atoms with Crippen molar-refractivity contribution in [2.45, 2.75) is 44.7 Å². The van der Waals surface area contributed by atoms with Crippen molar-refractivity contribution in [2.24, 2.45) is 5.92 Å². The molecule has 0 fully saturated rings. The van der Waals surface area contributed by atoms with Crippen LogP contribution >= 0.6 is 15.9 Å². The molecule has 4 aromatic rings. The van der Waals surface area contributed by atoms with Crippen molar-refractivity contribution in [1.82, 2.24) is 10.2 Å². The number of carbonyl (C=O) groups excluding carboxylic acids is 2. The third-order valence-corrected chi connectivity index (χ3v) is 9.76. The number of hydrogen-bond donors (Lipinski definition) is 1. The SMILES string of the molecule is COc1cccc(CN(C(=O)CN(c2ccc(Br)cc2)S(=O)(=O)c2ccc(C)cc2)[C@H](Cc2ccccc2)C(=O)NCC(C)C)c1. The second kappa shape index (κ2) is 15.9. The molecule has 0 aromatic heterocycles. The Balaban J connectivity index is 1.80. The summed E-state index contributed by atoms with van der Waals surface area (Å²) in [5.41, 5.74) is 2.83. The number of aryl methyl sites for hydroxylation is 1. The highest BCUT2D eigenvalue weighted by molar-refractivity contribution is 9.10. The molecule has 0 aliphatic heterocycles. The molecular weight excluding hydrogens is 666 g/mol. The molecule has 0 radical (unpaired) electrons. The zero-order valence-corrected chi connectivity index (χ0v) is 28.9. The topological polar surface area (TPSA) is 96.0 Å². The van der Waals surface area contributed by atoms with Crippen LogP contribution in [0, 0.1) is 12.8 Å². The van der Waals surface area contributed by atoms with Crippen LogP contribution < -0.4 is 14.4 Å². The third kappa shape index (κ3) is 9.20. The summed E-state index contributed by atoms with van der Waals surface area (Å²) in [4.78, 5) is 30.0. The Hall–Kier alpha value is -4.15. The minimum Gasteiger partial charge on any atom is -0.497 e. The van der Waals surface area contributed by atoms with Gasteiger partial charge in [-0.2, -0.15) is 0 Å². The highest BCUT2D eigenvalue weighted by Crippen LogP contribution is 2.27. The van der Waals surface area contributed by atoms with Crippen LogP contribution in [0.1, 0.15) is 30.5 Å². The Morgan fingerprint density at radius 2 is 1.52 bits per heavy atom. The first-order valence-corrected chi connectivity index (χ1v) is 17.3. The Labute approximate surface area is 280 Å². The average molecular weight is 707 g/mol. The maximum Gasteiger partial charge on any atom is 0.264 e. The van der Waals surface area contributed by atoms with Crippen LogP contribution in [0.15, 0.2) is 112 Å². The molecule has 242 valence electrons. The zero-order chi connectivity index (χ0) is 33.3. The summed E-state index contributed by atoms with van der Waals surface area (Å²) in [7, 11) is -2.61. The number of halogens is 1. The molecule has 46 heavy (non-hydrogen) atoms. The number of nitrogens with zero attached hydrogens (tertiary/aromatic N) is 2. The van der Waals surface area contributed by atoms with E-state index in [0.717, 1.165) is 25.5 Å². The van der Waals surface area contributed by atoms with Crippen LogP contribution in [-0.2, 0) is 32.6 Å². The third-order valence-electron chi connectivity index (χ3n) is 7.45. The lowest BCUT2D eigenvalue weighted by molar-refractivity contribution is -0.140. The molecule has 1 N–H and O–H groups in total. The van der Waals surface area contributed by atoms with Gasteiger partial charge in [0.1, 0.15) is 18.3 Å². The summed E-state index contributed by atoms with van der Waals surface area (Å²) < 4.78 is 35.6. The van der Waals surface area contributed by atoms with Gasteiger partial charge in [-0.1, -0.05) is 89.9 Å². The summed E-state index contributed by atoms with van der Waals surface area (Å²) in [5, 5.41) is 3.00. The van der Waals surface area contributed by atoms with E-state index in [1.807, 2.05) is 63.2 Å². The molecule has 4 rings (SSSR count). The van der Waals surface area contributed by atoms with Crippen LogP contribution in [0.3, 0.4) is 0 Å². The van der Waals surface area contributed by atoms with Gasteiger partial charge in [-0.3, -0.25) is 13.9 Å². The Bertz CT molecular complexity index is 1710. The predicted molar refractivity (Wildman–Crippen MR) is 185 cm³/mol. The van der Waals surface area contributed by atoms with Crippen LogP contribution in [0.2, 0.25) is 0 Å². The Morgan fingerprint density at radius 1 is 0.870 bits per heavy atom. The van der Waals surface area contributed by atoms with Gasteiger partial charge in [0.05, 0.1) is 17.7 Å². The van der Waals surface area contributed by atoms with Crippen molar-refractivity contribution in [1.29, 1.82) is 0 Å². The first-order chi connectivity index (χ1) is 22.0. The van der Waals surface area contributed by atoms with Gasteiger partial charge in [-0.25, -0.2) is 8.42 Å². The second-order valence-electron chi connectivity index (χ2n) is 11.5. The minimum atomic E-state index is -4.17. The zero-order valence-electron chi connectivity index (χ0n) is 26.5. The Kier molecular flexibility index (Phi) is 12.0. The molecule has 8 nitrogen and oxygen atoms in total. The van der Waals surface area contributed by atoms with Gasteiger partial charge < -0.3 is 15.0 Å². The Morgan fingerprint density at radius 3 is 2.15 bits per heavy atom. The summed E-state index contributed by atoms with van der Waals surface area (Å²) in [6, 6.07) is 29.1. The fraction of sp³-hybridized carbons (Fsp3) is 0.278. The van der Waals surface area contributed by atoms with E-state index >= 15 is 0 Å². The highest BCUT2D eigenvalue weighted by atomic mass is 79.9. The van der Waals surface area contributed by atoms with Gasteiger partial charge in [0.25, 0.3) is 10.0 Å². The van der Waals surface area contributed by atoms with E-state index in [0.29, 0.717) is 18.0 Å². The van der Waals surface area contributed by atoms with Crippen LogP contribution in [0.4, 0.5) is 5.69 Å². The molecule has 4 aromatic carbocycles. The van der Waals surface area contributed by atoms with Gasteiger partial charge in [0.15, 0.2) is 0 Å². The van der Waals surface area contributed by atoms with Crippen LogP contribution in [-0.4, -0.2) is 51.4 Å². The van der Waals surface area contributed by atoms with Gasteiger partial charge in [-0.05, 0) is 72.5 Å². The molecule has 0 unspecified atom stereocenters. The number of hydrogen-bond acceptors (Lipinski definition) is 5. The number of carbonyl (C=O) groups is 2. The van der Waals surface area contributed by atoms with Crippen molar-refractivity contribution in [3.05, 3.63) is 124 Å². The van der Waals surface area contributed by atoms with E-state index in [2.05, 4.69) is 21.2 Å². The lowest BCUT2D eigenvalue weighted by Crippen LogP contribution is -2.53. The van der Waals surface area contributed by atoms with Gasteiger partial charge in [0, 0.05) is 24.0 Å². The molecule has 2 amide bonds. The average Bonchev–Trinajstić information content (AvgIpc) is 3.05. The molecule has 1 atom stereocenters. The highest BCUT2D eigenvalue weighted by Gasteiger charge is 2.34. The van der Waals surface area contributed by atoms with E-state index in [-0.39, 0.29) is 29.7 Å². The van der Waals surface area contributed by atoms with Crippen molar-refractivity contribution in [3.63, 3.8) is 0 Å². The van der Waals surface area contributed by atoms with E-state index in [1.165, 1.54) is 17.0 Å². The van der Waals surface area contributed by atoms with Gasteiger partial charge in [0.2, 0.25) is 11.8 Å². The van der Waals surface area contributed by atoms with E-state index in [4.69, 9.17) is 4.74 Å². The number of amides is 2. The van der Waals surface area contributed by atoms with Gasteiger partial charge >= 0.3 is 0 Å². The standard InChI is InChI=1S/C36H40BrN3O5S/c1-26(2)23-38-36(42)34(22-28-9-6-5-7-10-28)39(24-29-11-8-12-32(21-29)45-4)35(41)25-40(31-17-15-30(37)16-18-31)46(43,44)33-19-13-27(3)14-20-33/h5-21,26,34H,22-25H2,1-4H3,(H,38,42)/t34-/m1/s1. The number of anilines is 1. The summed E-state index contributed by atoms with van der Waals surface area (Å²) in [6.07, 6.45) is 0.240. The summed E-state index contributed by atoms with van der Waals surface area (Å²) in [5.74, 6) is -0.0453. The number of nitrogens with one attached hydrogen (secondary N) is 1. The van der Waals surface area contributed by atoms with Crippen molar-refractivity contribution in [2.75, 3.05) is 24.5 Å². The fourth-order valence-electron chi connectivity index (χ4n) is 4.92. The second-order valence-corrected chi connectivity index (χ2v) is 14.3. The van der Waals surface area contributed by atoms with Gasteiger partial charge in [-0.15, -0.1) is 0 Å².